The summed E-state index contributed by atoms with van der Waals surface area (Å²) in [5.74, 6) is -0.431. The number of nitrogens with zero attached hydrogens (tertiary/aromatic N) is 3. The Kier molecular flexibility index (Phi) is 7.34. The fraction of sp³-hybridized carbons (Fsp3) is 0.381. The first-order chi connectivity index (χ1) is 13.0. The molecule has 0 fully saturated rings. The summed E-state index contributed by atoms with van der Waals surface area (Å²) in [4.78, 5) is 33.0. The number of pyridine rings is 1. The van der Waals surface area contributed by atoms with E-state index in [-0.39, 0.29) is 17.5 Å². The van der Waals surface area contributed by atoms with Gasteiger partial charge < -0.3 is 15.1 Å². The topological polar surface area (TPSA) is 65.5 Å². The highest BCUT2D eigenvalue weighted by atomic mass is 16.2. The van der Waals surface area contributed by atoms with Gasteiger partial charge >= 0.3 is 0 Å². The minimum Gasteiger partial charge on any atom is -0.372 e. The lowest BCUT2D eigenvalue weighted by Gasteiger charge is -2.21. The summed E-state index contributed by atoms with van der Waals surface area (Å²) in [6.45, 7) is 11.2. The number of hydrogen-bond acceptors (Lipinski definition) is 4. The molecule has 0 aliphatic rings. The summed E-state index contributed by atoms with van der Waals surface area (Å²) >= 11 is 0. The second-order valence-corrected chi connectivity index (χ2v) is 6.08. The van der Waals surface area contributed by atoms with E-state index in [1.165, 1.54) is 6.20 Å². The third-order valence-electron chi connectivity index (χ3n) is 4.54. The van der Waals surface area contributed by atoms with Gasteiger partial charge in [-0.15, -0.1) is 0 Å². The number of carbonyl (C=O) groups excluding carboxylic acids is 2. The molecule has 144 valence electrons. The van der Waals surface area contributed by atoms with Crippen molar-refractivity contribution < 1.29 is 9.59 Å². The molecule has 0 atom stereocenters. The zero-order chi connectivity index (χ0) is 19.8. The lowest BCUT2D eigenvalue weighted by Crippen LogP contribution is -2.30. The Hall–Kier alpha value is -2.89. The Bertz CT molecular complexity index is 766. The Morgan fingerprint density at radius 3 is 2.11 bits per heavy atom. The van der Waals surface area contributed by atoms with Gasteiger partial charge in [-0.25, -0.2) is 0 Å². The minimum atomic E-state index is -0.334. The van der Waals surface area contributed by atoms with Gasteiger partial charge in [-0.2, -0.15) is 0 Å². The standard InChI is InChI=1S/C21H28N4O2/c1-5-24(6-2)18-11-9-17(10-12-18)23-20(26)19-15-16(13-14-22-19)21(27)25(7-3)8-4/h9-15H,5-8H2,1-4H3,(H,23,26). The largest absolute Gasteiger partial charge is 0.372 e. The van der Waals surface area contributed by atoms with Crippen molar-refractivity contribution in [3.8, 4) is 0 Å². The second kappa shape index (κ2) is 9.71. The lowest BCUT2D eigenvalue weighted by molar-refractivity contribution is 0.0773. The van der Waals surface area contributed by atoms with Crippen molar-refractivity contribution in [3.05, 3.63) is 53.9 Å². The van der Waals surface area contributed by atoms with E-state index in [4.69, 9.17) is 0 Å². The van der Waals surface area contributed by atoms with E-state index in [1.807, 2.05) is 38.1 Å². The fourth-order valence-electron chi connectivity index (χ4n) is 2.92. The summed E-state index contributed by atoms with van der Waals surface area (Å²) in [5.41, 5.74) is 2.50. The van der Waals surface area contributed by atoms with Crippen LogP contribution in [0.15, 0.2) is 42.6 Å². The van der Waals surface area contributed by atoms with Crippen molar-refractivity contribution in [1.29, 1.82) is 0 Å². The number of nitrogens with one attached hydrogen (secondary N) is 1. The van der Waals surface area contributed by atoms with Crippen LogP contribution in [-0.2, 0) is 0 Å². The Morgan fingerprint density at radius 1 is 0.926 bits per heavy atom. The van der Waals surface area contributed by atoms with Crippen LogP contribution in [0.5, 0.6) is 0 Å². The Balaban J connectivity index is 2.12. The van der Waals surface area contributed by atoms with Crippen LogP contribution in [0.2, 0.25) is 0 Å². The maximum absolute atomic E-state index is 12.5. The van der Waals surface area contributed by atoms with Crippen LogP contribution in [0, 0.1) is 0 Å². The molecule has 0 aliphatic carbocycles. The number of benzene rings is 1. The highest BCUT2D eigenvalue weighted by Gasteiger charge is 2.16. The van der Waals surface area contributed by atoms with E-state index >= 15 is 0 Å². The molecule has 0 spiro atoms. The molecule has 1 aromatic heterocycles. The second-order valence-electron chi connectivity index (χ2n) is 6.08. The van der Waals surface area contributed by atoms with Gasteiger partial charge in [0.05, 0.1) is 0 Å². The normalized spacial score (nSPS) is 10.4. The van der Waals surface area contributed by atoms with Gasteiger partial charge in [0.1, 0.15) is 5.69 Å². The molecule has 1 heterocycles. The first kappa shape index (κ1) is 20.4. The molecule has 2 amide bonds. The van der Waals surface area contributed by atoms with Gasteiger partial charge in [0.25, 0.3) is 11.8 Å². The van der Waals surface area contributed by atoms with E-state index in [0.717, 1.165) is 18.8 Å². The Labute approximate surface area is 161 Å². The Morgan fingerprint density at radius 2 is 1.56 bits per heavy atom. The minimum absolute atomic E-state index is 0.0972. The number of aromatic nitrogens is 1. The first-order valence-electron chi connectivity index (χ1n) is 9.45. The highest BCUT2D eigenvalue weighted by Crippen LogP contribution is 2.18. The average molecular weight is 368 g/mol. The molecule has 0 saturated heterocycles. The van der Waals surface area contributed by atoms with Crippen LogP contribution in [0.4, 0.5) is 11.4 Å². The van der Waals surface area contributed by atoms with Crippen LogP contribution in [0.1, 0.15) is 48.5 Å². The molecule has 0 bridgehead atoms. The third-order valence-corrected chi connectivity index (χ3v) is 4.54. The fourth-order valence-corrected chi connectivity index (χ4v) is 2.92. The van der Waals surface area contributed by atoms with Crippen molar-refractivity contribution in [2.24, 2.45) is 0 Å². The van der Waals surface area contributed by atoms with E-state index in [1.54, 1.807) is 17.0 Å². The summed E-state index contributed by atoms with van der Waals surface area (Å²) in [6.07, 6.45) is 1.50. The molecule has 0 saturated carbocycles. The predicted octanol–water partition coefficient (Wildman–Crippen LogP) is 3.66. The van der Waals surface area contributed by atoms with E-state index in [9.17, 15) is 9.59 Å². The molecule has 1 aromatic carbocycles. The summed E-state index contributed by atoms with van der Waals surface area (Å²) in [5, 5.41) is 2.84. The van der Waals surface area contributed by atoms with Crippen molar-refractivity contribution >= 4 is 23.2 Å². The van der Waals surface area contributed by atoms with Crippen molar-refractivity contribution in [2.45, 2.75) is 27.7 Å². The quantitative estimate of drug-likeness (QED) is 0.772. The molecular weight excluding hydrogens is 340 g/mol. The molecule has 1 N–H and O–H groups in total. The van der Waals surface area contributed by atoms with Gasteiger partial charge in [-0.05, 0) is 64.1 Å². The smallest absolute Gasteiger partial charge is 0.274 e. The van der Waals surface area contributed by atoms with Gasteiger partial charge in [0.15, 0.2) is 0 Å². The SMILES string of the molecule is CCN(CC)C(=O)c1ccnc(C(=O)Nc2ccc(N(CC)CC)cc2)c1. The molecule has 2 aromatic rings. The molecular formula is C21H28N4O2. The molecule has 2 rings (SSSR count). The summed E-state index contributed by atoms with van der Waals surface area (Å²) in [6, 6.07) is 10.9. The maximum atomic E-state index is 12.5. The van der Waals surface area contributed by atoms with E-state index < -0.39 is 0 Å². The molecule has 27 heavy (non-hydrogen) atoms. The number of amides is 2. The molecule has 0 aliphatic heterocycles. The molecule has 0 radical (unpaired) electrons. The van der Waals surface area contributed by atoms with Gasteiger partial charge in [0.2, 0.25) is 0 Å². The molecule has 0 unspecified atom stereocenters. The average Bonchev–Trinajstić information content (AvgIpc) is 2.71. The molecule has 6 nitrogen and oxygen atoms in total. The zero-order valence-corrected chi connectivity index (χ0v) is 16.5. The van der Waals surface area contributed by atoms with Crippen LogP contribution in [-0.4, -0.2) is 47.9 Å². The number of anilines is 2. The monoisotopic (exact) mass is 368 g/mol. The number of hydrogen-bond donors (Lipinski definition) is 1. The third kappa shape index (κ3) is 5.06. The predicted molar refractivity (Wildman–Crippen MR) is 109 cm³/mol. The van der Waals surface area contributed by atoms with Crippen molar-refractivity contribution in [2.75, 3.05) is 36.4 Å². The van der Waals surface area contributed by atoms with E-state index in [0.29, 0.717) is 24.3 Å². The summed E-state index contributed by atoms with van der Waals surface area (Å²) in [7, 11) is 0. The lowest BCUT2D eigenvalue weighted by atomic mass is 10.2. The van der Waals surface area contributed by atoms with Crippen LogP contribution < -0.4 is 10.2 Å². The van der Waals surface area contributed by atoms with Crippen molar-refractivity contribution in [3.63, 3.8) is 0 Å². The summed E-state index contributed by atoms with van der Waals surface area (Å²) < 4.78 is 0. The van der Waals surface area contributed by atoms with Crippen LogP contribution in [0.25, 0.3) is 0 Å². The van der Waals surface area contributed by atoms with E-state index in [2.05, 4.69) is 29.0 Å². The first-order valence-corrected chi connectivity index (χ1v) is 9.45. The number of carbonyl (C=O) groups is 2. The van der Waals surface area contributed by atoms with Crippen LogP contribution >= 0.6 is 0 Å². The van der Waals surface area contributed by atoms with Crippen LogP contribution in [0.3, 0.4) is 0 Å². The van der Waals surface area contributed by atoms with Gasteiger partial charge in [-0.3, -0.25) is 14.6 Å². The zero-order valence-electron chi connectivity index (χ0n) is 16.5. The molecule has 6 heteroatoms. The maximum Gasteiger partial charge on any atom is 0.274 e. The van der Waals surface area contributed by atoms with Gasteiger partial charge in [-0.1, -0.05) is 0 Å². The number of rotatable bonds is 8. The van der Waals surface area contributed by atoms with Crippen molar-refractivity contribution in [1.82, 2.24) is 9.88 Å². The van der Waals surface area contributed by atoms with Gasteiger partial charge in [0, 0.05) is 49.3 Å². The highest BCUT2D eigenvalue weighted by molar-refractivity contribution is 6.04.